The van der Waals surface area contributed by atoms with E-state index in [2.05, 4.69) is 4.90 Å². The van der Waals surface area contributed by atoms with Gasteiger partial charge in [-0.05, 0) is 13.8 Å². The predicted molar refractivity (Wildman–Crippen MR) is 51.7 cm³/mol. The molecule has 1 fully saturated rings. The van der Waals surface area contributed by atoms with Gasteiger partial charge in [0.1, 0.15) is 5.38 Å². The van der Waals surface area contributed by atoms with Crippen LogP contribution < -0.4 is 0 Å². The standard InChI is InChI=1S/C9H15ClN2O/c1-7-4-12(5-8(2)13-7)6-9(10)3-11/h7-9H,4-6H2,1-2H3. The van der Waals surface area contributed by atoms with Gasteiger partial charge in [0, 0.05) is 19.6 Å². The molecule has 0 amide bonds. The fourth-order valence-electron chi connectivity index (χ4n) is 1.70. The van der Waals surface area contributed by atoms with Crippen molar-refractivity contribution in [3.8, 4) is 6.07 Å². The van der Waals surface area contributed by atoms with E-state index in [1.54, 1.807) is 0 Å². The molecule has 3 nitrogen and oxygen atoms in total. The molecule has 0 bridgehead atoms. The Balaban J connectivity index is 2.38. The molecular formula is C9H15ClN2O. The van der Waals surface area contributed by atoms with E-state index in [-0.39, 0.29) is 12.2 Å². The van der Waals surface area contributed by atoms with Crippen LogP contribution in [0.25, 0.3) is 0 Å². The summed E-state index contributed by atoms with van der Waals surface area (Å²) in [6.45, 7) is 6.46. The minimum absolute atomic E-state index is 0.242. The van der Waals surface area contributed by atoms with E-state index in [4.69, 9.17) is 21.6 Å². The van der Waals surface area contributed by atoms with Crippen LogP contribution in [0, 0.1) is 11.3 Å². The Kier molecular flexibility index (Phi) is 3.98. The number of nitrogens with zero attached hydrogens (tertiary/aromatic N) is 2. The van der Waals surface area contributed by atoms with Crippen LogP contribution in [0.3, 0.4) is 0 Å². The maximum absolute atomic E-state index is 8.56. The molecule has 1 heterocycles. The Labute approximate surface area is 84.2 Å². The van der Waals surface area contributed by atoms with Gasteiger partial charge in [0.05, 0.1) is 18.3 Å². The molecule has 1 rings (SSSR count). The van der Waals surface area contributed by atoms with Crippen molar-refractivity contribution >= 4 is 11.6 Å². The molecule has 4 heteroatoms. The molecule has 0 aromatic heterocycles. The molecule has 13 heavy (non-hydrogen) atoms. The Morgan fingerprint density at radius 3 is 2.54 bits per heavy atom. The molecule has 0 radical (unpaired) electrons. The van der Waals surface area contributed by atoms with Gasteiger partial charge >= 0.3 is 0 Å². The molecule has 1 saturated heterocycles. The van der Waals surface area contributed by atoms with Gasteiger partial charge in [0.2, 0.25) is 0 Å². The summed E-state index contributed by atoms with van der Waals surface area (Å²) < 4.78 is 5.56. The summed E-state index contributed by atoms with van der Waals surface area (Å²) in [5, 5.41) is 8.15. The number of hydrogen-bond donors (Lipinski definition) is 0. The highest BCUT2D eigenvalue weighted by Gasteiger charge is 2.23. The number of morpholine rings is 1. The lowest BCUT2D eigenvalue weighted by Gasteiger charge is -2.35. The highest BCUT2D eigenvalue weighted by molar-refractivity contribution is 6.22. The van der Waals surface area contributed by atoms with Gasteiger partial charge in [-0.1, -0.05) is 0 Å². The van der Waals surface area contributed by atoms with Crippen LogP contribution in [-0.4, -0.2) is 42.1 Å². The Bertz CT molecular complexity index is 194. The van der Waals surface area contributed by atoms with Crippen LogP contribution in [0.5, 0.6) is 0 Å². The first-order valence-electron chi connectivity index (χ1n) is 4.53. The van der Waals surface area contributed by atoms with Gasteiger partial charge in [-0.3, -0.25) is 4.90 Å². The van der Waals surface area contributed by atoms with Crippen molar-refractivity contribution in [3.63, 3.8) is 0 Å². The first-order chi connectivity index (χ1) is 6.11. The van der Waals surface area contributed by atoms with Crippen LogP contribution >= 0.6 is 11.6 Å². The van der Waals surface area contributed by atoms with Crippen molar-refractivity contribution in [3.05, 3.63) is 0 Å². The van der Waals surface area contributed by atoms with Crippen LogP contribution in [-0.2, 0) is 4.74 Å². The van der Waals surface area contributed by atoms with Gasteiger partial charge in [0.15, 0.2) is 0 Å². The number of alkyl halides is 1. The van der Waals surface area contributed by atoms with E-state index in [1.165, 1.54) is 0 Å². The van der Waals surface area contributed by atoms with Gasteiger partial charge in [-0.2, -0.15) is 5.26 Å². The zero-order chi connectivity index (χ0) is 9.84. The molecule has 3 atom stereocenters. The smallest absolute Gasteiger partial charge is 0.133 e. The summed E-state index contributed by atoms with van der Waals surface area (Å²) in [6.07, 6.45) is 0.484. The van der Waals surface area contributed by atoms with Crippen molar-refractivity contribution in [2.75, 3.05) is 19.6 Å². The number of hydrogen-bond acceptors (Lipinski definition) is 3. The summed E-state index contributed by atoms with van der Waals surface area (Å²) in [5.41, 5.74) is 0. The summed E-state index contributed by atoms with van der Waals surface area (Å²) in [4.78, 5) is 2.18. The normalized spacial score (nSPS) is 32.5. The molecule has 0 spiro atoms. The highest BCUT2D eigenvalue weighted by Crippen LogP contribution is 2.11. The molecule has 0 aliphatic carbocycles. The summed E-state index contributed by atoms with van der Waals surface area (Å²) in [7, 11) is 0. The van der Waals surface area contributed by atoms with Crippen molar-refractivity contribution < 1.29 is 4.74 Å². The highest BCUT2D eigenvalue weighted by atomic mass is 35.5. The third-order valence-corrected chi connectivity index (χ3v) is 2.29. The topological polar surface area (TPSA) is 36.3 Å². The first-order valence-corrected chi connectivity index (χ1v) is 4.97. The second kappa shape index (κ2) is 4.80. The largest absolute Gasteiger partial charge is 0.373 e. The fraction of sp³-hybridized carbons (Fsp3) is 0.889. The van der Waals surface area contributed by atoms with E-state index in [1.807, 2.05) is 19.9 Å². The van der Waals surface area contributed by atoms with Crippen LogP contribution in [0.4, 0.5) is 0 Å². The van der Waals surface area contributed by atoms with Gasteiger partial charge in [0.25, 0.3) is 0 Å². The van der Waals surface area contributed by atoms with Gasteiger partial charge < -0.3 is 4.74 Å². The van der Waals surface area contributed by atoms with Crippen molar-refractivity contribution in [1.29, 1.82) is 5.26 Å². The number of ether oxygens (including phenoxy) is 1. The lowest BCUT2D eigenvalue weighted by Crippen LogP contribution is -2.47. The average Bonchev–Trinajstić information content (AvgIpc) is 2.02. The molecule has 3 unspecified atom stereocenters. The molecule has 1 aliphatic rings. The van der Waals surface area contributed by atoms with E-state index < -0.39 is 5.38 Å². The van der Waals surface area contributed by atoms with Gasteiger partial charge in [-0.25, -0.2) is 0 Å². The SMILES string of the molecule is CC1CN(CC(Cl)C#N)CC(C)O1. The van der Waals surface area contributed by atoms with E-state index >= 15 is 0 Å². The first kappa shape index (κ1) is 10.8. The fourth-order valence-corrected chi connectivity index (χ4v) is 1.90. The quantitative estimate of drug-likeness (QED) is 0.632. The summed E-state index contributed by atoms with van der Waals surface area (Å²) >= 11 is 5.75. The molecule has 0 aromatic rings. The Morgan fingerprint density at radius 2 is 2.08 bits per heavy atom. The number of halogens is 1. The molecule has 0 N–H and O–H groups in total. The zero-order valence-corrected chi connectivity index (χ0v) is 8.79. The van der Waals surface area contributed by atoms with E-state index in [9.17, 15) is 0 Å². The van der Waals surface area contributed by atoms with Crippen LogP contribution in [0.1, 0.15) is 13.8 Å². The monoisotopic (exact) mass is 202 g/mol. The maximum atomic E-state index is 8.56. The Hall–Kier alpha value is -0.300. The minimum Gasteiger partial charge on any atom is -0.373 e. The molecule has 74 valence electrons. The van der Waals surface area contributed by atoms with Crippen molar-refractivity contribution in [1.82, 2.24) is 4.90 Å². The third-order valence-electron chi connectivity index (χ3n) is 2.05. The zero-order valence-electron chi connectivity index (χ0n) is 8.03. The maximum Gasteiger partial charge on any atom is 0.133 e. The molecular weight excluding hydrogens is 188 g/mol. The minimum atomic E-state index is -0.405. The summed E-state index contributed by atoms with van der Waals surface area (Å²) in [6, 6.07) is 2.02. The second-order valence-electron chi connectivity index (χ2n) is 3.57. The lowest BCUT2D eigenvalue weighted by atomic mass is 10.2. The molecule has 0 aromatic carbocycles. The van der Waals surface area contributed by atoms with Crippen LogP contribution in [0.2, 0.25) is 0 Å². The molecule has 1 aliphatic heterocycles. The third kappa shape index (κ3) is 3.51. The van der Waals surface area contributed by atoms with Gasteiger partial charge in [-0.15, -0.1) is 11.6 Å². The average molecular weight is 203 g/mol. The number of nitriles is 1. The van der Waals surface area contributed by atoms with Crippen molar-refractivity contribution in [2.45, 2.75) is 31.4 Å². The predicted octanol–water partition coefficient (Wildman–Crippen LogP) is 1.23. The number of rotatable bonds is 2. The van der Waals surface area contributed by atoms with Crippen LogP contribution in [0.15, 0.2) is 0 Å². The Morgan fingerprint density at radius 1 is 1.54 bits per heavy atom. The second-order valence-corrected chi connectivity index (χ2v) is 4.10. The van der Waals surface area contributed by atoms with Crippen molar-refractivity contribution in [2.24, 2.45) is 0 Å². The van der Waals surface area contributed by atoms with E-state index in [0.717, 1.165) is 13.1 Å². The summed E-state index contributed by atoms with van der Waals surface area (Å²) in [5.74, 6) is 0. The van der Waals surface area contributed by atoms with E-state index in [0.29, 0.717) is 6.54 Å². The lowest BCUT2D eigenvalue weighted by molar-refractivity contribution is -0.0670. The molecule has 0 saturated carbocycles.